The normalized spacial score (nSPS) is 10.5. The van der Waals surface area contributed by atoms with Crippen LogP contribution in [0.15, 0.2) is 18.3 Å². The molecule has 0 saturated carbocycles. The van der Waals surface area contributed by atoms with Crippen LogP contribution in [0.3, 0.4) is 0 Å². The van der Waals surface area contributed by atoms with Gasteiger partial charge in [0.15, 0.2) is 0 Å². The number of nitrogens with one attached hydrogen (secondary N) is 1. The summed E-state index contributed by atoms with van der Waals surface area (Å²) in [6.45, 7) is 0.289. The van der Waals surface area contributed by atoms with Crippen LogP contribution in [0.1, 0.15) is 16.1 Å². The molecule has 2 rings (SSSR count). The van der Waals surface area contributed by atoms with Crippen LogP contribution in [0.5, 0.6) is 0 Å². The van der Waals surface area contributed by atoms with E-state index in [2.05, 4.69) is 10.3 Å². The molecule has 2 amide bonds. The fourth-order valence-corrected chi connectivity index (χ4v) is 2.69. The van der Waals surface area contributed by atoms with Gasteiger partial charge in [-0.15, -0.1) is 11.3 Å². The molecule has 0 fully saturated rings. The van der Waals surface area contributed by atoms with Crippen molar-refractivity contribution in [3.8, 4) is 0 Å². The predicted molar refractivity (Wildman–Crippen MR) is 79.7 cm³/mol. The fraction of sp³-hybridized carbons (Fsp3) is 0.308. The Bertz CT molecular complexity index is 651. The lowest BCUT2D eigenvalue weighted by Crippen LogP contribution is -2.30. The van der Waals surface area contributed by atoms with Crippen LogP contribution < -0.4 is 11.1 Å². The number of hydrogen-bond acceptors (Lipinski definition) is 5. The van der Waals surface area contributed by atoms with Gasteiger partial charge in [0.2, 0.25) is 5.91 Å². The molecular formula is C13H16N4O2S. The number of nitrogens with two attached hydrogens (primary N) is 1. The van der Waals surface area contributed by atoms with Gasteiger partial charge in [0.25, 0.3) is 5.91 Å². The summed E-state index contributed by atoms with van der Waals surface area (Å²) in [4.78, 5) is 30.3. The third-order valence-electron chi connectivity index (χ3n) is 2.83. The van der Waals surface area contributed by atoms with Crippen molar-refractivity contribution in [2.24, 2.45) is 0 Å². The van der Waals surface area contributed by atoms with Crippen LogP contribution in [-0.4, -0.2) is 42.3 Å². The lowest BCUT2D eigenvalue weighted by atomic mass is 10.2. The maximum absolute atomic E-state index is 12.1. The molecule has 0 aromatic carbocycles. The number of carbonyl (C=O) groups is 2. The molecular weight excluding hydrogens is 276 g/mol. The molecule has 2 aromatic rings. The number of anilines is 1. The van der Waals surface area contributed by atoms with Gasteiger partial charge in [-0.2, -0.15) is 0 Å². The highest BCUT2D eigenvalue weighted by Crippen LogP contribution is 2.31. The van der Waals surface area contributed by atoms with Crippen LogP contribution in [0.2, 0.25) is 0 Å². The third-order valence-corrected chi connectivity index (χ3v) is 3.96. The van der Waals surface area contributed by atoms with E-state index in [9.17, 15) is 9.59 Å². The summed E-state index contributed by atoms with van der Waals surface area (Å²) < 4.78 is 0. The zero-order valence-corrected chi connectivity index (χ0v) is 12.2. The summed E-state index contributed by atoms with van der Waals surface area (Å²) in [6, 6.07) is 3.61. The summed E-state index contributed by atoms with van der Waals surface area (Å²) in [6.07, 6.45) is 1.93. The Hall–Kier alpha value is -2.15. The number of carbonyl (C=O) groups excluding carboxylic acids is 2. The average Bonchev–Trinajstić information content (AvgIpc) is 2.76. The quantitative estimate of drug-likeness (QED) is 0.883. The van der Waals surface area contributed by atoms with Crippen molar-refractivity contribution < 1.29 is 9.59 Å². The van der Waals surface area contributed by atoms with Gasteiger partial charge in [-0.05, 0) is 12.1 Å². The first-order valence-corrected chi connectivity index (χ1v) is 6.93. The highest BCUT2D eigenvalue weighted by molar-refractivity contribution is 7.21. The second kappa shape index (κ2) is 5.87. The number of aromatic nitrogens is 1. The molecule has 0 unspecified atom stereocenters. The van der Waals surface area contributed by atoms with Gasteiger partial charge in [0, 0.05) is 38.6 Å². The van der Waals surface area contributed by atoms with Crippen LogP contribution >= 0.6 is 11.3 Å². The van der Waals surface area contributed by atoms with Crippen molar-refractivity contribution in [3.63, 3.8) is 0 Å². The number of rotatable bonds is 4. The molecule has 0 aliphatic carbocycles. The van der Waals surface area contributed by atoms with E-state index in [1.54, 1.807) is 26.4 Å². The zero-order valence-electron chi connectivity index (χ0n) is 11.3. The van der Waals surface area contributed by atoms with E-state index in [0.717, 1.165) is 10.2 Å². The van der Waals surface area contributed by atoms with Gasteiger partial charge in [-0.25, -0.2) is 4.98 Å². The van der Waals surface area contributed by atoms with Crippen LogP contribution in [-0.2, 0) is 4.79 Å². The Kier molecular flexibility index (Phi) is 4.19. The van der Waals surface area contributed by atoms with E-state index < -0.39 is 0 Å². The lowest BCUT2D eigenvalue weighted by Gasteiger charge is -2.10. The van der Waals surface area contributed by atoms with Crippen LogP contribution in [0, 0.1) is 0 Å². The number of pyridine rings is 1. The largest absolute Gasteiger partial charge is 0.397 e. The van der Waals surface area contributed by atoms with Crippen molar-refractivity contribution in [2.45, 2.75) is 6.42 Å². The van der Waals surface area contributed by atoms with Gasteiger partial charge in [-0.1, -0.05) is 0 Å². The molecule has 3 N–H and O–H groups in total. The highest BCUT2D eigenvalue weighted by atomic mass is 32.1. The Morgan fingerprint density at radius 1 is 1.45 bits per heavy atom. The first-order valence-electron chi connectivity index (χ1n) is 6.12. The SMILES string of the molecule is CN(C)C(=O)CCNC(=O)c1sc2ncccc2c1N. The first-order chi connectivity index (χ1) is 9.50. The minimum Gasteiger partial charge on any atom is -0.397 e. The molecule has 106 valence electrons. The molecule has 20 heavy (non-hydrogen) atoms. The minimum absolute atomic E-state index is 0.0312. The van der Waals surface area contributed by atoms with Gasteiger partial charge in [0.05, 0.1) is 5.69 Å². The molecule has 0 atom stereocenters. The molecule has 0 aliphatic rings. The van der Waals surface area contributed by atoms with Crippen molar-refractivity contribution >= 4 is 39.1 Å². The van der Waals surface area contributed by atoms with E-state index in [-0.39, 0.29) is 24.8 Å². The van der Waals surface area contributed by atoms with E-state index in [1.807, 2.05) is 6.07 Å². The molecule has 2 aromatic heterocycles. The van der Waals surface area contributed by atoms with E-state index in [0.29, 0.717) is 10.6 Å². The zero-order chi connectivity index (χ0) is 14.7. The topological polar surface area (TPSA) is 88.3 Å². The molecule has 6 nitrogen and oxygen atoms in total. The molecule has 0 spiro atoms. The van der Waals surface area contributed by atoms with E-state index in [1.165, 1.54) is 16.2 Å². The van der Waals surface area contributed by atoms with Crippen LogP contribution in [0.4, 0.5) is 5.69 Å². The Labute approximate surface area is 120 Å². The van der Waals surface area contributed by atoms with Crippen molar-refractivity contribution in [2.75, 3.05) is 26.4 Å². The second-order valence-electron chi connectivity index (χ2n) is 4.50. The first kappa shape index (κ1) is 14.3. The smallest absolute Gasteiger partial charge is 0.263 e. The number of thiophene rings is 1. The summed E-state index contributed by atoms with van der Waals surface area (Å²) in [5.41, 5.74) is 6.39. The van der Waals surface area contributed by atoms with Crippen molar-refractivity contribution in [1.82, 2.24) is 15.2 Å². The maximum Gasteiger partial charge on any atom is 0.263 e. The molecule has 0 bridgehead atoms. The van der Waals surface area contributed by atoms with Gasteiger partial charge in [-0.3, -0.25) is 9.59 Å². The lowest BCUT2D eigenvalue weighted by molar-refractivity contribution is -0.128. The second-order valence-corrected chi connectivity index (χ2v) is 5.49. The monoisotopic (exact) mass is 292 g/mol. The molecule has 0 radical (unpaired) electrons. The summed E-state index contributed by atoms with van der Waals surface area (Å²) in [5, 5.41) is 3.49. The number of hydrogen-bond donors (Lipinski definition) is 2. The molecule has 0 saturated heterocycles. The summed E-state index contributed by atoms with van der Waals surface area (Å²) >= 11 is 1.25. The standard InChI is InChI=1S/C13H16N4O2S/c1-17(2)9(18)5-7-15-12(19)11-10(14)8-4-3-6-16-13(8)20-11/h3-4,6H,5,7,14H2,1-2H3,(H,15,19). The average molecular weight is 292 g/mol. The minimum atomic E-state index is -0.267. The van der Waals surface area contributed by atoms with Gasteiger partial charge in [0.1, 0.15) is 9.71 Å². The fourth-order valence-electron chi connectivity index (χ4n) is 1.71. The highest BCUT2D eigenvalue weighted by Gasteiger charge is 2.16. The predicted octanol–water partition coefficient (Wildman–Crippen LogP) is 1.09. The third kappa shape index (κ3) is 2.88. The number of fused-ring (bicyclic) bond motifs is 1. The number of nitrogen functional groups attached to an aromatic ring is 1. The molecule has 2 heterocycles. The van der Waals surface area contributed by atoms with Crippen molar-refractivity contribution in [3.05, 3.63) is 23.2 Å². The molecule has 0 aliphatic heterocycles. The summed E-state index contributed by atoms with van der Waals surface area (Å²) in [5.74, 6) is -0.298. The van der Waals surface area contributed by atoms with E-state index >= 15 is 0 Å². The van der Waals surface area contributed by atoms with Crippen molar-refractivity contribution in [1.29, 1.82) is 0 Å². The Morgan fingerprint density at radius 3 is 2.85 bits per heavy atom. The Morgan fingerprint density at radius 2 is 2.20 bits per heavy atom. The van der Waals surface area contributed by atoms with E-state index in [4.69, 9.17) is 5.73 Å². The maximum atomic E-state index is 12.1. The van der Waals surface area contributed by atoms with Gasteiger partial charge >= 0.3 is 0 Å². The molecule has 7 heteroatoms. The number of amides is 2. The van der Waals surface area contributed by atoms with Crippen LogP contribution in [0.25, 0.3) is 10.2 Å². The van der Waals surface area contributed by atoms with Gasteiger partial charge < -0.3 is 16.0 Å². The number of nitrogens with zero attached hydrogens (tertiary/aromatic N) is 2. The summed E-state index contributed by atoms with van der Waals surface area (Å²) in [7, 11) is 3.36. The Balaban J connectivity index is 2.05.